The number of hydrogen-bond acceptors (Lipinski definition) is 4. The van der Waals surface area contributed by atoms with E-state index < -0.39 is 26.3 Å². The second kappa shape index (κ2) is 5.14. The zero-order valence-corrected chi connectivity index (χ0v) is 8.93. The van der Waals surface area contributed by atoms with Crippen LogP contribution < -0.4 is 0 Å². The summed E-state index contributed by atoms with van der Waals surface area (Å²) in [5.41, 5.74) is 0. The number of rotatable bonds is 3. The summed E-state index contributed by atoms with van der Waals surface area (Å²) in [7, 11) is -2.14. The Morgan fingerprint density at radius 3 is 2.64 bits per heavy atom. The van der Waals surface area contributed by atoms with Crippen LogP contribution in [0.4, 0.5) is 0 Å². The molecule has 0 bridgehead atoms. The van der Waals surface area contributed by atoms with E-state index in [1.165, 1.54) is 0 Å². The molecule has 0 amide bonds. The van der Waals surface area contributed by atoms with Crippen LogP contribution in [0.1, 0.15) is 19.8 Å². The SMILES string of the molecule is CC1O[C@H](CC[P+](=O)O)C[C@H](O)[C@@H]1O. The van der Waals surface area contributed by atoms with E-state index in [1.54, 1.807) is 6.92 Å². The zero-order chi connectivity index (χ0) is 10.7. The maximum absolute atomic E-state index is 10.5. The Morgan fingerprint density at radius 2 is 2.14 bits per heavy atom. The minimum absolute atomic E-state index is 0.176. The van der Waals surface area contributed by atoms with Crippen LogP contribution in [0, 0.1) is 0 Å². The molecule has 0 saturated carbocycles. The predicted octanol–water partition coefficient (Wildman–Crippen LogP) is 0.0104. The van der Waals surface area contributed by atoms with Crippen molar-refractivity contribution in [2.75, 3.05) is 6.16 Å². The van der Waals surface area contributed by atoms with E-state index in [9.17, 15) is 14.8 Å². The maximum atomic E-state index is 10.5. The fraction of sp³-hybridized carbons (Fsp3) is 1.00. The number of ether oxygens (including phenoxy) is 1. The van der Waals surface area contributed by atoms with Crippen LogP contribution in [0.2, 0.25) is 0 Å². The van der Waals surface area contributed by atoms with Gasteiger partial charge in [-0.25, -0.2) is 0 Å². The second-order valence-electron chi connectivity index (χ2n) is 3.62. The molecule has 0 aromatic rings. The minimum Gasteiger partial charge on any atom is -0.390 e. The Kier molecular flexibility index (Phi) is 4.41. The minimum atomic E-state index is -2.14. The molecule has 3 N–H and O–H groups in total. The Hall–Kier alpha value is -0.0600. The van der Waals surface area contributed by atoms with E-state index in [0.29, 0.717) is 12.8 Å². The third-order valence-corrected chi connectivity index (χ3v) is 3.07. The molecule has 1 fully saturated rings. The fourth-order valence-electron chi connectivity index (χ4n) is 1.60. The Bertz CT molecular complexity index is 198. The van der Waals surface area contributed by atoms with Gasteiger partial charge in [-0.3, -0.25) is 0 Å². The Balaban J connectivity index is 2.38. The van der Waals surface area contributed by atoms with E-state index in [2.05, 4.69) is 0 Å². The normalized spacial score (nSPS) is 39.6. The van der Waals surface area contributed by atoms with Gasteiger partial charge in [0.15, 0.2) is 6.16 Å². The average molecular weight is 223 g/mol. The zero-order valence-electron chi connectivity index (χ0n) is 8.04. The van der Waals surface area contributed by atoms with E-state index in [-0.39, 0.29) is 12.3 Å². The molecule has 1 aliphatic heterocycles. The lowest BCUT2D eigenvalue weighted by atomic mass is 9.97. The molecule has 14 heavy (non-hydrogen) atoms. The van der Waals surface area contributed by atoms with Crippen molar-refractivity contribution in [2.45, 2.75) is 44.2 Å². The molecular weight excluding hydrogens is 207 g/mol. The lowest BCUT2D eigenvalue weighted by Crippen LogP contribution is -2.46. The summed E-state index contributed by atoms with van der Waals surface area (Å²) in [6.07, 6.45) is -1.34. The maximum Gasteiger partial charge on any atom is 0.505 e. The highest BCUT2D eigenvalue weighted by Crippen LogP contribution is 2.25. The van der Waals surface area contributed by atoms with Crippen molar-refractivity contribution in [3.8, 4) is 0 Å². The molecule has 5 atom stereocenters. The molecule has 0 aromatic carbocycles. The first-order valence-corrected chi connectivity index (χ1v) is 6.05. The predicted molar refractivity (Wildman–Crippen MR) is 50.3 cm³/mol. The van der Waals surface area contributed by atoms with Crippen molar-refractivity contribution in [1.29, 1.82) is 0 Å². The van der Waals surface area contributed by atoms with Gasteiger partial charge in [0.1, 0.15) is 6.10 Å². The van der Waals surface area contributed by atoms with Crippen LogP contribution in [0.5, 0.6) is 0 Å². The summed E-state index contributed by atoms with van der Waals surface area (Å²) >= 11 is 0. The molecule has 0 aliphatic carbocycles. The van der Waals surface area contributed by atoms with Crippen molar-refractivity contribution < 1.29 is 24.4 Å². The van der Waals surface area contributed by atoms with Crippen LogP contribution in [0.25, 0.3) is 0 Å². The van der Waals surface area contributed by atoms with Gasteiger partial charge in [-0.05, 0) is 11.5 Å². The molecule has 5 nitrogen and oxygen atoms in total. The standard InChI is InChI=1S/C8H15O5P/c1-5-8(10)7(9)4-6(13-5)2-3-14(11)12/h5-10H,2-4H2,1H3/p+1/t5?,6-,7+,8-/m1/s1. The van der Waals surface area contributed by atoms with Crippen molar-refractivity contribution >= 4 is 8.03 Å². The first-order valence-electron chi connectivity index (χ1n) is 4.66. The smallest absolute Gasteiger partial charge is 0.390 e. The highest BCUT2D eigenvalue weighted by atomic mass is 31.1. The molecule has 0 radical (unpaired) electrons. The van der Waals surface area contributed by atoms with Crippen LogP contribution in [0.15, 0.2) is 0 Å². The summed E-state index contributed by atoms with van der Waals surface area (Å²) in [4.78, 5) is 8.61. The first kappa shape index (κ1) is 12.0. The van der Waals surface area contributed by atoms with Crippen LogP contribution in [-0.4, -0.2) is 45.7 Å². The molecule has 0 aromatic heterocycles. The average Bonchev–Trinajstić information content (AvgIpc) is 2.10. The third kappa shape index (κ3) is 3.26. The molecule has 1 heterocycles. The number of hydrogen-bond donors (Lipinski definition) is 3. The van der Waals surface area contributed by atoms with E-state index in [1.807, 2.05) is 0 Å². The van der Waals surface area contributed by atoms with E-state index in [4.69, 9.17) is 9.63 Å². The van der Waals surface area contributed by atoms with Gasteiger partial charge in [0, 0.05) is 12.8 Å². The van der Waals surface area contributed by atoms with Gasteiger partial charge in [-0.1, -0.05) is 0 Å². The first-order chi connectivity index (χ1) is 6.50. The molecule has 1 saturated heterocycles. The van der Waals surface area contributed by atoms with Crippen molar-refractivity contribution in [3.05, 3.63) is 0 Å². The monoisotopic (exact) mass is 223 g/mol. The topological polar surface area (TPSA) is 87.0 Å². The molecule has 0 spiro atoms. The summed E-state index contributed by atoms with van der Waals surface area (Å²) in [5, 5.41) is 18.8. The summed E-state index contributed by atoms with van der Waals surface area (Å²) in [6, 6.07) is 0. The van der Waals surface area contributed by atoms with Gasteiger partial charge in [0.25, 0.3) is 0 Å². The lowest BCUT2D eigenvalue weighted by Gasteiger charge is -2.34. The van der Waals surface area contributed by atoms with Crippen LogP contribution in [-0.2, 0) is 9.30 Å². The van der Waals surface area contributed by atoms with Gasteiger partial charge < -0.3 is 14.9 Å². The van der Waals surface area contributed by atoms with Gasteiger partial charge >= 0.3 is 8.03 Å². The molecule has 1 aliphatic rings. The highest BCUT2D eigenvalue weighted by Gasteiger charge is 2.34. The van der Waals surface area contributed by atoms with Crippen molar-refractivity contribution in [1.82, 2.24) is 0 Å². The van der Waals surface area contributed by atoms with Gasteiger partial charge in [-0.2, -0.15) is 4.89 Å². The largest absolute Gasteiger partial charge is 0.505 e. The van der Waals surface area contributed by atoms with Crippen LogP contribution >= 0.6 is 8.03 Å². The van der Waals surface area contributed by atoms with E-state index in [0.717, 1.165) is 0 Å². The molecule has 82 valence electrons. The van der Waals surface area contributed by atoms with E-state index >= 15 is 0 Å². The Labute approximate surface area is 83.6 Å². The lowest BCUT2D eigenvalue weighted by molar-refractivity contribution is -0.161. The van der Waals surface area contributed by atoms with Crippen molar-refractivity contribution in [3.63, 3.8) is 0 Å². The molecule has 1 rings (SSSR count). The number of aliphatic hydroxyl groups excluding tert-OH is 2. The van der Waals surface area contributed by atoms with Gasteiger partial charge in [-0.15, -0.1) is 0 Å². The second-order valence-corrected chi connectivity index (χ2v) is 4.77. The Morgan fingerprint density at radius 1 is 1.50 bits per heavy atom. The van der Waals surface area contributed by atoms with Crippen LogP contribution in [0.3, 0.4) is 0 Å². The highest BCUT2D eigenvalue weighted by molar-refractivity contribution is 7.37. The van der Waals surface area contributed by atoms with Gasteiger partial charge in [0.05, 0.1) is 18.3 Å². The summed E-state index contributed by atoms with van der Waals surface area (Å²) in [6.45, 7) is 1.68. The van der Waals surface area contributed by atoms with Crippen molar-refractivity contribution in [2.24, 2.45) is 0 Å². The fourth-order valence-corrected chi connectivity index (χ4v) is 2.11. The molecule has 2 unspecified atom stereocenters. The summed E-state index contributed by atoms with van der Waals surface area (Å²) in [5.74, 6) is 0. The quantitative estimate of drug-likeness (QED) is 0.587. The van der Waals surface area contributed by atoms with Gasteiger partial charge in [0.2, 0.25) is 0 Å². The molecule has 6 heteroatoms. The summed E-state index contributed by atoms with van der Waals surface area (Å²) < 4.78 is 15.8. The molecular formula is C8H16O5P+. The third-order valence-electron chi connectivity index (χ3n) is 2.43. The number of aliphatic hydroxyl groups is 2.